The highest BCUT2D eigenvalue weighted by molar-refractivity contribution is 6.34. The summed E-state index contributed by atoms with van der Waals surface area (Å²) in [6.07, 6.45) is 0. The molecule has 0 radical (unpaired) electrons. The maximum absolute atomic E-state index is 11.7. The molecule has 1 atom stereocenters. The highest BCUT2D eigenvalue weighted by atomic mass is 35.5. The van der Waals surface area contributed by atoms with Gasteiger partial charge in [-0.15, -0.1) is 0 Å². The molecule has 4 amide bonds. The molecule has 0 aliphatic heterocycles. The van der Waals surface area contributed by atoms with Gasteiger partial charge in [0.1, 0.15) is 6.04 Å². The second-order valence-electron chi connectivity index (χ2n) is 4.31. The second kappa shape index (κ2) is 7.49. The first-order chi connectivity index (χ1) is 9.83. The molecular weight excluding hydrogens is 296 g/mol. The zero-order chi connectivity index (χ0) is 16.0. The van der Waals surface area contributed by atoms with Crippen LogP contribution in [0.4, 0.5) is 16.2 Å². The van der Waals surface area contributed by atoms with Gasteiger partial charge in [0, 0.05) is 19.7 Å². The van der Waals surface area contributed by atoms with Crippen LogP contribution >= 0.6 is 11.6 Å². The molecule has 0 spiro atoms. The average molecular weight is 313 g/mol. The van der Waals surface area contributed by atoms with Crippen LogP contribution in [0.1, 0.15) is 13.8 Å². The minimum Gasteiger partial charge on any atom is -0.357 e. The van der Waals surface area contributed by atoms with E-state index in [1.165, 1.54) is 20.0 Å². The molecule has 0 saturated carbocycles. The molecule has 1 aromatic rings. The Hall–Kier alpha value is -2.28. The van der Waals surface area contributed by atoms with E-state index >= 15 is 0 Å². The van der Waals surface area contributed by atoms with Gasteiger partial charge in [0.25, 0.3) is 0 Å². The maximum Gasteiger partial charge on any atom is 0.319 e. The third-order valence-electron chi connectivity index (χ3n) is 2.52. The Morgan fingerprint density at radius 3 is 2.38 bits per heavy atom. The Kier molecular flexibility index (Phi) is 5.98. The van der Waals surface area contributed by atoms with Crippen LogP contribution in [0.15, 0.2) is 18.2 Å². The summed E-state index contributed by atoms with van der Waals surface area (Å²) in [5.41, 5.74) is 0.893. The van der Waals surface area contributed by atoms with Gasteiger partial charge in [-0.3, -0.25) is 9.59 Å². The summed E-state index contributed by atoms with van der Waals surface area (Å²) < 4.78 is 0. The van der Waals surface area contributed by atoms with Crippen molar-refractivity contribution in [1.82, 2.24) is 10.6 Å². The fourth-order valence-corrected chi connectivity index (χ4v) is 1.76. The predicted molar refractivity (Wildman–Crippen MR) is 81.4 cm³/mol. The van der Waals surface area contributed by atoms with Gasteiger partial charge in [-0.2, -0.15) is 0 Å². The van der Waals surface area contributed by atoms with Crippen molar-refractivity contribution in [2.45, 2.75) is 19.9 Å². The summed E-state index contributed by atoms with van der Waals surface area (Å²) in [7, 11) is 1.48. The standard InChI is InChI=1S/C13H17ClN4O3/c1-7(12(20)15-3)16-13(21)18-11-5-4-9(6-10(11)14)17-8(2)19/h4-7H,1-3H3,(H,15,20)(H,17,19)(H2,16,18,21)/t7-/m0/s1. The van der Waals surface area contributed by atoms with Crippen LogP contribution in [-0.2, 0) is 9.59 Å². The van der Waals surface area contributed by atoms with Crippen molar-refractivity contribution < 1.29 is 14.4 Å². The van der Waals surface area contributed by atoms with E-state index in [1.54, 1.807) is 19.1 Å². The van der Waals surface area contributed by atoms with E-state index in [4.69, 9.17) is 11.6 Å². The number of likely N-dealkylation sites (N-methyl/N-ethyl adjacent to an activating group) is 1. The third kappa shape index (κ3) is 5.31. The molecule has 0 aromatic heterocycles. The molecule has 1 rings (SSSR count). The number of rotatable bonds is 4. The molecule has 0 fully saturated rings. The van der Waals surface area contributed by atoms with E-state index in [-0.39, 0.29) is 16.8 Å². The smallest absolute Gasteiger partial charge is 0.319 e. The molecule has 0 saturated heterocycles. The summed E-state index contributed by atoms with van der Waals surface area (Å²) in [4.78, 5) is 34.0. The molecule has 4 N–H and O–H groups in total. The molecule has 8 heteroatoms. The van der Waals surface area contributed by atoms with Gasteiger partial charge in [0.05, 0.1) is 10.7 Å². The van der Waals surface area contributed by atoms with E-state index in [2.05, 4.69) is 21.3 Å². The van der Waals surface area contributed by atoms with Crippen molar-refractivity contribution in [2.75, 3.05) is 17.7 Å². The normalized spacial score (nSPS) is 11.2. The van der Waals surface area contributed by atoms with E-state index in [9.17, 15) is 14.4 Å². The molecule has 0 bridgehead atoms. The van der Waals surface area contributed by atoms with Gasteiger partial charge in [0.2, 0.25) is 11.8 Å². The number of urea groups is 1. The van der Waals surface area contributed by atoms with Gasteiger partial charge >= 0.3 is 6.03 Å². The molecule has 7 nitrogen and oxygen atoms in total. The molecule has 0 unspecified atom stereocenters. The Morgan fingerprint density at radius 2 is 1.86 bits per heavy atom. The summed E-state index contributed by atoms with van der Waals surface area (Å²) in [5.74, 6) is -0.527. The molecule has 0 aliphatic rings. The number of benzene rings is 1. The lowest BCUT2D eigenvalue weighted by Gasteiger charge is -2.14. The molecule has 0 heterocycles. The molecule has 114 valence electrons. The lowest BCUT2D eigenvalue weighted by molar-refractivity contribution is -0.122. The number of anilines is 2. The van der Waals surface area contributed by atoms with Crippen molar-refractivity contribution in [2.24, 2.45) is 0 Å². The minimum atomic E-state index is -0.674. The number of carbonyl (C=O) groups is 3. The Bertz CT molecular complexity index is 562. The van der Waals surface area contributed by atoms with Crippen molar-refractivity contribution >= 4 is 40.8 Å². The largest absolute Gasteiger partial charge is 0.357 e. The van der Waals surface area contributed by atoms with Gasteiger partial charge < -0.3 is 21.3 Å². The van der Waals surface area contributed by atoms with E-state index in [0.29, 0.717) is 11.4 Å². The van der Waals surface area contributed by atoms with Gasteiger partial charge in [-0.1, -0.05) is 11.6 Å². The summed E-state index contributed by atoms with van der Waals surface area (Å²) in [6, 6.07) is 3.44. The van der Waals surface area contributed by atoms with Gasteiger partial charge in [-0.05, 0) is 25.1 Å². The number of amides is 4. The second-order valence-corrected chi connectivity index (χ2v) is 4.72. The third-order valence-corrected chi connectivity index (χ3v) is 2.84. The van der Waals surface area contributed by atoms with E-state index < -0.39 is 12.1 Å². The fraction of sp³-hybridized carbons (Fsp3) is 0.308. The lowest BCUT2D eigenvalue weighted by Crippen LogP contribution is -2.45. The zero-order valence-electron chi connectivity index (χ0n) is 11.9. The first-order valence-corrected chi connectivity index (χ1v) is 6.57. The number of nitrogens with one attached hydrogen (secondary N) is 4. The van der Waals surface area contributed by atoms with Gasteiger partial charge in [-0.25, -0.2) is 4.79 Å². The summed E-state index contributed by atoms with van der Waals surface area (Å²) in [5, 5.41) is 10.3. The predicted octanol–water partition coefficient (Wildman–Crippen LogP) is 1.55. The molecule has 1 aromatic carbocycles. The lowest BCUT2D eigenvalue weighted by atomic mass is 10.2. The first-order valence-electron chi connectivity index (χ1n) is 6.19. The topological polar surface area (TPSA) is 99.3 Å². The van der Waals surface area contributed by atoms with Crippen LogP contribution in [0.5, 0.6) is 0 Å². The van der Waals surface area contributed by atoms with Crippen LogP contribution in [0.25, 0.3) is 0 Å². The number of carbonyl (C=O) groups excluding carboxylic acids is 3. The van der Waals surface area contributed by atoms with Gasteiger partial charge in [0.15, 0.2) is 0 Å². The zero-order valence-corrected chi connectivity index (χ0v) is 12.7. The number of halogens is 1. The molecule has 0 aliphatic carbocycles. The monoisotopic (exact) mass is 312 g/mol. The highest BCUT2D eigenvalue weighted by Gasteiger charge is 2.14. The highest BCUT2D eigenvalue weighted by Crippen LogP contribution is 2.25. The minimum absolute atomic E-state index is 0.219. The van der Waals surface area contributed by atoms with Crippen molar-refractivity contribution in [1.29, 1.82) is 0 Å². The van der Waals surface area contributed by atoms with Crippen molar-refractivity contribution in [3.05, 3.63) is 23.2 Å². The van der Waals surface area contributed by atoms with Crippen LogP contribution < -0.4 is 21.3 Å². The average Bonchev–Trinajstić information content (AvgIpc) is 2.40. The van der Waals surface area contributed by atoms with E-state index in [1.807, 2.05) is 0 Å². The van der Waals surface area contributed by atoms with Crippen LogP contribution in [-0.4, -0.2) is 30.9 Å². The number of hydrogen-bond acceptors (Lipinski definition) is 3. The summed E-state index contributed by atoms with van der Waals surface area (Å²) in [6.45, 7) is 2.94. The fourth-order valence-electron chi connectivity index (χ4n) is 1.53. The first kappa shape index (κ1) is 16.8. The quantitative estimate of drug-likeness (QED) is 0.679. The maximum atomic E-state index is 11.7. The van der Waals surface area contributed by atoms with E-state index in [0.717, 1.165) is 0 Å². The summed E-state index contributed by atoms with van der Waals surface area (Å²) >= 11 is 6.01. The molecule has 21 heavy (non-hydrogen) atoms. The van der Waals surface area contributed by atoms with Crippen molar-refractivity contribution in [3.63, 3.8) is 0 Å². The SMILES string of the molecule is CNC(=O)[C@H](C)NC(=O)Nc1ccc(NC(C)=O)cc1Cl. The Balaban J connectivity index is 2.68. The van der Waals surface area contributed by atoms with Crippen LogP contribution in [0.2, 0.25) is 5.02 Å². The van der Waals surface area contributed by atoms with Crippen LogP contribution in [0, 0.1) is 0 Å². The van der Waals surface area contributed by atoms with Crippen molar-refractivity contribution in [3.8, 4) is 0 Å². The Labute approximate surface area is 127 Å². The Morgan fingerprint density at radius 1 is 1.19 bits per heavy atom. The number of hydrogen-bond donors (Lipinski definition) is 4. The molecular formula is C13H17ClN4O3. The van der Waals surface area contributed by atoms with Crippen LogP contribution in [0.3, 0.4) is 0 Å².